The highest BCUT2D eigenvalue weighted by Gasteiger charge is 2.39. The van der Waals surface area contributed by atoms with E-state index in [9.17, 15) is 4.39 Å². The molecule has 0 bridgehead atoms. The van der Waals surface area contributed by atoms with Gasteiger partial charge >= 0.3 is 0 Å². The van der Waals surface area contributed by atoms with E-state index in [1.54, 1.807) is 13.2 Å². The molecule has 0 saturated carbocycles. The highest BCUT2D eigenvalue weighted by atomic mass is 19.1. The summed E-state index contributed by atoms with van der Waals surface area (Å²) >= 11 is 0. The summed E-state index contributed by atoms with van der Waals surface area (Å²) in [6.07, 6.45) is 1.58. The van der Waals surface area contributed by atoms with Gasteiger partial charge in [0.15, 0.2) is 0 Å². The van der Waals surface area contributed by atoms with Crippen LogP contribution in [0.2, 0.25) is 0 Å². The van der Waals surface area contributed by atoms with Crippen molar-refractivity contribution in [2.75, 3.05) is 7.11 Å². The highest BCUT2D eigenvalue weighted by Crippen LogP contribution is 2.43. The molecule has 0 heterocycles. The van der Waals surface area contributed by atoms with Crippen LogP contribution in [-0.4, -0.2) is 7.11 Å². The molecule has 1 unspecified atom stereocenters. The minimum Gasteiger partial charge on any atom is -0.497 e. The zero-order valence-corrected chi connectivity index (χ0v) is 12.7. The van der Waals surface area contributed by atoms with Crippen LogP contribution in [0.3, 0.4) is 0 Å². The summed E-state index contributed by atoms with van der Waals surface area (Å²) in [5.74, 6) is 0.543. The van der Waals surface area contributed by atoms with E-state index in [1.807, 2.05) is 38.1 Å². The van der Waals surface area contributed by atoms with Crippen LogP contribution in [0.25, 0.3) is 0 Å². The zero-order chi connectivity index (χ0) is 15.2. The molecule has 0 aromatic heterocycles. The standard InChI is InChI=1S/C18H20FNO/c1-11-8-12(2)17(16(19)9-11)18(20)7-6-13-4-5-14(21-3)10-15(13)18/h4-5,8-10H,6-7,20H2,1-3H3. The Morgan fingerprint density at radius 1 is 1.19 bits per heavy atom. The monoisotopic (exact) mass is 285 g/mol. The van der Waals surface area contributed by atoms with Crippen LogP contribution in [0.15, 0.2) is 30.3 Å². The smallest absolute Gasteiger partial charge is 0.129 e. The van der Waals surface area contributed by atoms with E-state index in [1.165, 1.54) is 5.56 Å². The van der Waals surface area contributed by atoms with Crippen LogP contribution < -0.4 is 10.5 Å². The van der Waals surface area contributed by atoms with Crippen LogP contribution in [0.1, 0.15) is 34.2 Å². The summed E-state index contributed by atoms with van der Waals surface area (Å²) in [7, 11) is 1.63. The van der Waals surface area contributed by atoms with Crippen LogP contribution in [0.4, 0.5) is 4.39 Å². The van der Waals surface area contributed by atoms with Gasteiger partial charge in [0.2, 0.25) is 0 Å². The molecule has 110 valence electrons. The van der Waals surface area contributed by atoms with Gasteiger partial charge in [0, 0.05) is 5.56 Å². The maximum Gasteiger partial charge on any atom is 0.129 e. The number of benzene rings is 2. The van der Waals surface area contributed by atoms with Gasteiger partial charge in [-0.15, -0.1) is 0 Å². The first-order valence-electron chi connectivity index (χ1n) is 7.19. The molecule has 0 spiro atoms. The fourth-order valence-corrected chi connectivity index (χ4v) is 3.52. The van der Waals surface area contributed by atoms with Gasteiger partial charge in [0.05, 0.1) is 12.6 Å². The molecule has 0 aliphatic heterocycles. The maximum atomic E-state index is 14.6. The van der Waals surface area contributed by atoms with Crippen molar-refractivity contribution in [2.24, 2.45) is 5.73 Å². The molecule has 1 aliphatic rings. The summed E-state index contributed by atoms with van der Waals surface area (Å²) < 4.78 is 19.9. The average molecular weight is 285 g/mol. The number of ether oxygens (including phenoxy) is 1. The molecular weight excluding hydrogens is 265 g/mol. The lowest BCUT2D eigenvalue weighted by Gasteiger charge is -2.29. The van der Waals surface area contributed by atoms with Crippen molar-refractivity contribution >= 4 is 0 Å². The number of rotatable bonds is 2. The molecule has 3 heteroatoms. The SMILES string of the molecule is COc1ccc2c(c1)C(N)(c1c(C)cc(C)cc1F)CC2. The summed E-state index contributed by atoms with van der Waals surface area (Å²) in [5, 5.41) is 0. The lowest BCUT2D eigenvalue weighted by atomic mass is 9.82. The van der Waals surface area contributed by atoms with Crippen molar-refractivity contribution in [1.82, 2.24) is 0 Å². The fourth-order valence-electron chi connectivity index (χ4n) is 3.52. The molecule has 2 nitrogen and oxygen atoms in total. The number of methoxy groups -OCH3 is 1. The Labute approximate surface area is 124 Å². The molecule has 0 radical (unpaired) electrons. The van der Waals surface area contributed by atoms with Gasteiger partial charge < -0.3 is 10.5 Å². The molecular formula is C18H20FNO. The quantitative estimate of drug-likeness (QED) is 0.915. The lowest BCUT2D eigenvalue weighted by Crippen LogP contribution is -2.37. The number of halogens is 1. The van der Waals surface area contributed by atoms with Crippen molar-refractivity contribution in [3.05, 3.63) is 64.0 Å². The van der Waals surface area contributed by atoms with Gasteiger partial charge in [0.1, 0.15) is 11.6 Å². The molecule has 3 rings (SSSR count). The summed E-state index contributed by atoms with van der Waals surface area (Å²) in [6, 6.07) is 9.47. The molecule has 21 heavy (non-hydrogen) atoms. The van der Waals surface area contributed by atoms with Crippen molar-refractivity contribution < 1.29 is 9.13 Å². The molecule has 2 N–H and O–H groups in total. The second-order valence-electron chi connectivity index (χ2n) is 5.93. The average Bonchev–Trinajstić information content (AvgIpc) is 2.75. The first-order valence-corrected chi connectivity index (χ1v) is 7.19. The first kappa shape index (κ1) is 14.1. The highest BCUT2D eigenvalue weighted by molar-refractivity contribution is 5.52. The van der Waals surface area contributed by atoms with Crippen molar-refractivity contribution in [3.8, 4) is 5.75 Å². The van der Waals surface area contributed by atoms with Crippen molar-refractivity contribution in [3.63, 3.8) is 0 Å². The number of aryl methyl sites for hydroxylation is 3. The Bertz CT molecular complexity index is 687. The first-order chi connectivity index (χ1) is 9.95. The van der Waals surface area contributed by atoms with E-state index in [0.717, 1.165) is 35.3 Å². The van der Waals surface area contributed by atoms with Gasteiger partial charge in [-0.05, 0) is 67.1 Å². The second-order valence-corrected chi connectivity index (χ2v) is 5.93. The zero-order valence-electron chi connectivity index (χ0n) is 12.7. The molecule has 0 amide bonds. The van der Waals surface area contributed by atoms with Gasteiger partial charge in [-0.25, -0.2) is 4.39 Å². The predicted molar refractivity (Wildman–Crippen MR) is 82.2 cm³/mol. The van der Waals surface area contributed by atoms with Crippen LogP contribution in [-0.2, 0) is 12.0 Å². The fraction of sp³-hybridized carbons (Fsp3) is 0.333. The minimum absolute atomic E-state index is 0.217. The summed E-state index contributed by atoms with van der Waals surface area (Å²) in [6.45, 7) is 3.83. The number of hydrogen-bond acceptors (Lipinski definition) is 2. The topological polar surface area (TPSA) is 35.2 Å². The third kappa shape index (κ3) is 2.12. The Balaban J connectivity index is 2.21. The minimum atomic E-state index is -0.772. The van der Waals surface area contributed by atoms with E-state index < -0.39 is 5.54 Å². The summed E-state index contributed by atoms with van der Waals surface area (Å²) in [5.41, 5.74) is 10.5. The van der Waals surface area contributed by atoms with E-state index in [4.69, 9.17) is 10.5 Å². The third-order valence-electron chi connectivity index (χ3n) is 4.46. The van der Waals surface area contributed by atoms with E-state index in [-0.39, 0.29) is 5.82 Å². The molecule has 2 aromatic rings. The molecule has 1 atom stereocenters. The normalized spacial score (nSPS) is 20.4. The Morgan fingerprint density at radius 2 is 1.95 bits per heavy atom. The largest absolute Gasteiger partial charge is 0.497 e. The van der Waals surface area contributed by atoms with Crippen LogP contribution in [0.5, 0.6) is 5.75 Å². The second kappa shape index (κ2) is 4.85. The Hall–Kier alpha value is -1.87. The van der Waals surface area contributed by atoms with E-state index in [0.29, 0.717) is 5.56 Å². The van der Waals surface area contributed by atoms with Gasteiger partial charge in [-0.1, -0.05) is 12.1 Å². The predicted octanol–water partition coefficient (Wildman–Crippen LogP) is 3.60. The molecule has 2 aromatic carbocycles. The molecule has 0 fully saturated rings. The van der Waals surface area contributed by atoms with Gasteiger partial charge in [-0.3, -0.25) is 0 Å². The lowest BCUT2D eigenvalue weighted by molar-refractivity contribution is 0.412. The Morgan fingerprint density at radius 3 is 2.62 bits per heavy atom. The molecule has 1 aliphatic carbocycles. The van der Waals surface area contributed by atoms with Crippen LogP contribution >= 0.6 is 0 Å². The number of nitrogens with two attached hydrogens (primary N) is 1. The third-order valence-corrected chi connectivity index (χ3v) is 4.46. The van der Waals surface area contributed by atoms with E-state index in [2.05, 4.69) is 0 Å². The number of hydrogen-bond donors (Lipinski definition) is 1. The van der Waals surface area contributed by atoms with E-state index >= 15 is 0 Å². The van der Waals surface area contributed by atoms with Crippen molar-refractivity contribution in [2.45, 2.75) is 32.2 Å². The maximum absolute atomic E-state index is 14.6. The van der Waals surface area contributed by atoms with Gasteiger partial charge in [-0.2, -0.15) is 0 Å². The van der Waals surface area contributed by atoms with Gasteiger partial charge in [0.25, 0.3) is 0 Å². The number of fused-ring (bicyclic) bond motifs is 1. The summed E-state index contributed by atoms with van der Waals surface area (Å²) in [4.78, 5) is 0. The van der Waals surface area contributed by atoms with Crippen LogP contribution in [0, 0.1) is 19.7 Å². The molecule has 0 saturated heterocycles. The van der Waals surface area contributed by atoms with Crippen molar-refractivity contribution in [1.29, 1.82) is 0 Å². The Kier molecular flexibility index (Phi) is 3.25.